The van der Waals surface area contributed by atoms with Crippen LogP contribution >= 0.6 is 0 Å². The van der Waals surface area contributed by atoms with Gasteiger partial charge in [0.1, 0.15) is 6.04 Å². The van der Waals surface area contributed by atoms with Crippen LogP contribution in [0.3, 0.4) is 0 Å². The average molecular weight is 326 g/mol. The molecule has 7 nitrogen and oxygen atoms in total. The normalized spacial score (nSPS) is 16.1. The number of nitrogens with two attached hydrogens (primary N) is 1. The third kappa shape index (κ3) is 3.45. The van der Waals surface area contributed by atoms with Crippen LogP contribution in [0, 0.1) is 19.8 Å². The number of amides is 1. The summed E-state index contributed by atoms with van der Waals surface area (Å²) in [5, 5.41) is 16.7. The van der Waals surface area contributed by atoms with Crippen LogP contribution < -0.4 is 10.5 Å². The molecule has 0 spiro atoms. The Morgan fingerprint density at radius 2 is 1.91 bits per heavy atom. The molecular weight excluding hydrogens is 308 g/mol. The van der Waals surface area contributed by atoms with Crippen LogP contribution in [0.4, 0.5) is 0 Å². The van der Waals surface area contributed by atoms with Gasteiger partial charge in [0.2, 0.25) is 10.0 Å². The first-order chi connectivity index (χ1) is 10.1. The van der Waals surface area contributed by atoms with Gasteiger partial charge in [-0.1, -0.05) is 0 Å². The first-order valence-electron chi connectivity index (χ1n) is 6.79. The molecule has 0 bridgehead atoms. The highest BCUT2D eigenvalue weighted by Gasteiger charge is 2.37. The van der Waals surface area contributed by atoms with Crippen molar-refractivity contribution in [2.45, 2.75) is 37.6 Å². The highest BCUT2D eigenvalue weighted by molar-refractivity contribution is 7.89. The summed E-state index contributed by atoms with van der Waals surface area (Å²) in [7, 11) is -3.96. The van der Waals surface area contributed by atoms with Gasteiger partial charge in [0.05, 0.1) is 4.90 Å². The zero-order valence-electron chi connectivity index (χ0n) is 12.3. The van der Waals surface area contributed by atoms with Crippen LogP contribution in [-0.2, 0) is 14.8 Å². The number of sulfonamides is 1. The van der Waals surface area contributed by atoms with Gasteiger partial charge in [-0.3, -0.25) is 4.79 Å². The summed E-state index contributed by atoms with van der Waals surface area (Å²) in [5.41, 5.74) is 1.14. The minimum atomic E-state index is -3.96. The Labute approximate surface area is 128 Å². The van der Waals surface area contributed by atoms with Crippen molar-refractivity contribution in [1.82, 2.24) is 5.32 Å². The Kier molecular flexibility index (Phi) is 4.25. The van der Waals surface area contributed by atoms with E-state index in [2.05, 4.69) is 5.32 Å². The second kappa shape index (κ2) is 5.69. The Hall–Kier alpha value is -1.93. The Balaban J connectivity index is 2.34. The van der Waals surface area contributed by atoms with Crippen LogP contribution in [0.5, 0.6) is 0 Å². The molecule has 8 heteroatoms. The van der Waals surface area contributed by atoms with E-state index in [0.29, 0.717) is 11.1 Å². The van der Waals surface area contributed by atoms with Crippen molar-refractivity contribution in [2.75, 3.05) is 0 Å². The summed E-state index contributed by atoms with van der Waals surface area (Å²) in [6, 6.07) is 1.75. The number of carbonyl (C=O) groups excluding carboxylic acids is 1. The number of carbonyl (C=O) groups is 2. The summed E-state index contributed by atoms with van der Waals surface area (Å²) in [6.45, 7) is 3.26. The van der Waals surface area contributed by atoms with Gasteiger partial charge in [0.15, 0.2) is 0 Å². The largest absolute Gasteiger partial charge is 0.480 e. The molecule has 120 valence electrons. The monoisotopic (exact) mass is 326 g/mol. The molecule has 1 aliphatic rings. The van der Waals surface area contributed by atoms with Gasteiger partial charge < -0.3 is 10.4 Å². The number of aliphatic carboxylic acids is 1. The number of primary sulfonamides is 1. The lowest BCUT2D eigenvalue weighted by Crippen LogP contribution is -2.42. The molecule has 2 rings (SSSR count). The lowest BCUT2D eigenvalue weighted by Gasteiger charge is -2.15. The zero-order chi connectivity index (χ0) is 16.7. The molecule has 4 N–H and O–H groups in total. The molecule has 1 aliphatic carbocycles. The topological polar surface area (TPSA) is 127 Å². The summed E-state index contributed by atoms with van der Waals surface area (Å²) in [4.78, 5) is 23.3. The van der Waals surface area contributed by atoms with Gasteiger partial charge in [0.25, 0.3) is 5.91 Å². The summed E-state index contributed by atoms with van der Waals surface area (Å²) in [5.74, 6) is -1.77. The van der Waals surface area contributed by atoms with Gasteiger partial charge in [-0.25, -0.2) is 18.4 Å². The van der Waals surface area contributed by atoms with E-state index in [1.165, 1.54) is 12.1 Å². The van der Waals surface area contributed by atoms with Crippen molar-refractivity contribution >= 4 is 21.9 Å². The lowest BCUT2D eigenvalue weighted by molar-refractivity contribution is -0.139. The predicted molar refractivity (Wildman–Crippen MR) is 78.9 cm³/mol. The Morgan fingerprint density at radius 3 is 2.36 bits per heavy atom. The minimum absolute atomic E-state index is 0.0642. The van der Waals surface area contributed by atoms with E-state index in [1.54, 1.807) is 13.8 Å². The molecule has 1 unspecified atom stereocenters. The molecule has 0 radical (unpaired) electrons. The maximum absolute atomic E-state index is 12.2. The first-order valence-corrected chi connectivity index (χ1v) is 8.33. The predicted octanol–water partition coefficient (Wildman–Crippen LogP) is 0.544. The van der Waals surface area contributed by atoms with Gasteiger partial charge >= 0.3 is 5.97 Å². The van der Waals surface area contributed by atoms with Crippen LogP contribution in [-0.4, -0.2) is 31.4 Å². The fraction of sp³-hybridized carbons (Fsp3) is 0.429. The Bertz CT molecular complexity index is 738. The average Bonchev–Trinajstić information content (AvgIpc) is 3.21. The molecule has 0 saturated heterocycles. The van der Waals surface area contributed by atoms with Crippen molar-refractivity contribution in [3.05, 3.63) is 28.8 Å². The van der Waals surface area contributed by atoms with E-state index < -0.39 is 27.9 Å². The van der Waals surface area contributed by atoms with Crippen LogP contribution in [0.1, 0.15) is 34.3 Å². The van der Waals surface area contributed by atoms with Crippen LogP contribution in [0.2, 0.25) is 0 Å². The molecule has 0 heterocycles. The van der Waals surface area contributed by atoms with Gasteiger partial charge in [-0.2, -0.15) is 0 Å². The number of hydrogen-bond acceptors (Lipinski definition) is 4. The van der Waals surface area contributed by atoms with Crippen molar-refractivity contribution in [2.24, 2.45) is 11.1 Å². The number of aryl methyl sites for hydroxylation is 1. The number of carboxylic acid groups (broad SMARTS) is 1. The summed E-state index contributed by atoms with van der Waals surface area (Å²) in [6.07, 6.45) is 1.51. The smallest absolute Gasteiger partial charge is 0.326 e. The van der Waals surface area contributed by atoms with Crippen molar-refractivity contribution in [1.29, 1.82) is 0 Å². The number of rotatable bonds is 5. The zero-order valence-corrected chi connectivity index (χ0v) is 13.1. The molecule has 22 heavy (non-hydrogen) atoms. The summed E-state index contributed by atoms with van der Waals surface area (Å²) < 4.78 is 23.2. The van der Waals surface area contributed by atoms with Crippen molar-refractivity contribution in [3.8, 4) is 0 Å². The van der Waals surface area contributed by atoms with E-state index >= 15 is 0 Å². The van der Waals surface area contributed by atoms with Gasteiger partial charge in [-0.15, -0.1) is 0 Å². The molecule has 1 fully saturated rings. The second-order valence-corrected chi connectivity index (χ2v) is 7.12. The standard InChI is InChI=1S/C14H18N2O5S/c1-7-5-10(6-11(8(7)2)22(15,20)21)13(17)16-12(14(18)19)9-3-4-9/h5-6,9,12H,3-4H2,1-2H3,(H,16,17)(H,18,19)(H2,15,20,21). The second-order valence-electron chi connectivity index (χ2n) is 5.59. The van der Waals surface area contributed by atoms with Crippen LogP contribution in [0.25, 0.3) is 0 Å². The van der Waals surface area contributed by atoms with E-state index in [1.807, 2.05) is 0 Å². The SMILES string of the molecule is Cc1cc(C(=O)NC(C(=O)O)C2CC2)cc(S(N)(=O)=O)c1C. The number of carboxylic acids is 1. The molecule has 0 aromatic heterocycles. The van der Waals surface area contributed by atoms with E-state index in [9.17, 15) is 18.0 Å². The highest BCUT2D eigenvalue weighted by Crippen LogP contribution is 2.33. The van der Waals surface area contributed by atoms with E-state index in [0.717, 1.165) is 12.8 Å². The number of nitrogens with one attached hydrogen (secondary N) is 1. The van der Waals surface area contributed by atoms with Gasteiger partial charge in [0, 0.05) is 5.56 Å². The number of benzene rings is 1. The number of hydrogen-bond donors (Lipinski definition) is 3. The molecule has 1 aromatic carbocycles. The first kappa shape index (κ1) is 16.4. The fourth-order valence-electron chi connectivity index (χ4n) is 2.29. The third-order valence-electron chi connectivity index (χ3n) is 3.83. The summed E-state index contributed by atoms with van der Waals surface area (Å²) >= 11 is 0. The molecule has 1 saturated carbocycles. The van der Waals surface area contributed by atoms with Crippen molar-refractivity contribution in [3.63, 3.8) is 0 Å². The van der Waals surface area contributed by atoms with Crippen molar-refractivity contribution < 1.29 is 23.1 Å². The maximum Gasteiger partial charge on any atom is 0.326 e. The molecule has 1 aromatic rings. The minimum Gasteiger partial charge on any atom is -0.480 e. The van der Waals surface area contributed by atoms with Crippen LogP contribution in [0.15, 0.2) is 17.0 Å². The molecule has 1 amide bonds. The molecular formula is C14H18N2O5S. The van der Waals surface area contributed by atoms with E-state index in [4.69, 9.17) is 10.2 Å². The highest BCUT2D eigenvalue weighted by atomic mass is 32.2. The van der Waals surface area contributed by atoms with E-state index in [-0.39, 0.29) is 16.4 Å². The Morgan fingerprint density at radius 1 is 1.32 bits per heavy atom. The van der Waals surface area contributed by atoms with Gasteiger partial charge in [-0.05, 0) is 55.9 Å². The molecule has 1 atom stereocenters. The quantitative estimate of drug-likeness (QED) is 0.728. The fourth-order valence-corrected chi connectivity index (χ4v) is 3.17. The maximum atomic E-state index is 12.2. The molecule has 0 aliphatic heterocycles. The third-order valence-corrected chi connectivity index (χ3v) is 4.87. The lowest BCUT2D eigenvalue weighted by atomic mass is 10.0.